The molecule has 1 saturated heterocycles. The van der Waals surface area contributed by atoms with Gasteiger partial charge in [-0.25, -0.2) is 0 Å². The molecule has 0 unspecified atom stereocenters. The highest BCUT2D eigenvalue weighted by molar-refractivity contribution is 7.80. The first-order valence-corrected chi connectivity index (χ1v) is 7.48. The van der Waals surface area contributed by atoms with E-state index in [0.717, 1.165) is 0 Å². The molecule has 1 aromatic carbocycles. The first-order chi connectivity index (χ1) is 11.3. The number of likely N-dealkylation sites (N-methyl/N-ethyl adjacent to an activating group) is 2. The third-order valence-electron chi connectivity index (χ3n) is 3.68. The lowest BCUT2D eigenvalue weighted by Crippen LogP contribution is -2.30. The number of hydrogen-bond donors (Lipinski definition) is 0. The number of nitro groups is 1. The van der Waals surface area contributed by atoms with E-state index in [1.54, 1.807) is 14.0 Å². The Labute approximate surface area is 144 Å². The van der Waals surface area contributed by atoms with Crippen molar-refractivity contribution in [3.8, 4) is 11.5 Å². The van der Waals surface area contributed by atoms with E-state index in [1.807, 2.05) is 0 Å². The van der Waals surface area contributed by atoms with Crippen molar-refractivity contribution in [2.24, 2.45) is 0 Å². The minimum atomic E-state index is -0.538. The lowest BCUT2D eigenvalue weighted by atomic mass is 10.1. The molecule has 24 heavy (non-hydrogen) atoms. The fourth-order valence-electron chi connectivity index (χ4n) is 2.40. The molecule has 1 fully saturated rings. The fourth-order valence-corrected chi connectivity index (χ4v) is 2.71. The minimum Gasteiger partial charge on any atom is -0.493 e. The molecule has 0 aromatic heterocycles. The van der Waals surface area contributed by atoms with E-state index < -0.39 is 4.92 Å². The van der Waals surface area contributed by atoms with Crippen molar-refractivity contribution >= 4 is 35.0 Å². The molecular weight excluding hydrogens is 334 g/mol. The van der Waals surface area contributed by atoms with Gasteiger partial charge in [-0.05, 0) is 31.3 Å². The molecule has 128 valence electrons. The van der Waals surface area contributed by atoms with E-state index in [2.05, 4.69) is 0 Å². The number of ether oxygens (including phenoxy) is 2. The number of thiocarbonyl (C=S) groups is 1. The largest absolute Gasteiger partial charge is 0.493 e. The van der Waals surface area contributed by atoms with Crippen LogP contribution in [0.5, 0.6) is 11.5 Å². The van der Waals surface area contributed by atoms with E-state index in [1.165, 1.54) is 42.2 Å². The van der Waals surface area contributed by atoms with Gasteiger partial charge in [-0.3, -0.25) is 19.8 Å². The number of rotatable bonds is 5. The molecule has 0 saturated carbocycles. The predicted molar refractivity (Wildman–Crippen MR) is 91.9 cm³/mol. The molecule has 2 rings (SSSR count). The standard InChI is InChI=1S/C15H17N3O5S/c1-5-17-14(19)11(16(2)15(17)24)6-9-7-12(22-3)13(23-4)8-10(9)18(20)21/h6-8H,5H2,1-4H3/b11-6-. The summed E-state index contributed by atoms with van der Waals surface area (Å²) >= 11 is 5.22. The van der Waals surface area contributed by atoms with Gasteiger partial charge in [0.2, 0.25) is 0 Å². The van der Waals surface area contributed by atoms with Gasteiger partial charge in [0.25, 0.3) is 11.6 Å². The Bertz CT molecular complexity index is 747. The van der Waals surface area contributed by atoms with E-state index in [0.29, 0.717) is 17.4 Å². The van der Waals surface area contributed by atoms with E-state index in [4.69, 9.17) is 21.7 Å². The molecule has 1 heterocycles. The first kappa shape index (κ1) is 17.7. The van der Waals surface area contributed by atoms with Crippen LogP contribution in [-0.2, 0) is 4.79 Å². The molecule has 0 radical (unpaired) electrons. The summed E-state index contributed by atoms with van der Waals surface area (Å²) in [6, 6.07) is 2.73. The summed E-state index contributed by atoms with van der Waals surface area (Å²) in [6.07, 6.45) is 1.43. The quantitative estimate of drug-likeness (QED) is 0.347. The van der Waals surface area contributed by atoms with Crippen molar-refractivity contribution in [2.45, 2.75) is 6.92 Å². The topological polar surface area (TPSA) is 85.1 Å². The zero-order chi connectivity index (χ0) is 18.0. The van der Waals surface area contributed by atoms with Crippen LogP contribution in [-0.4, -0.2) is 53.6 Å². The number of amides is 1. The molecule has 1 aromatic rings. The van der Waals surface area contributed by atoms with Crippen molar-refractivity contribution in [3.63, 3.8) is 0 Å². The monoisotopic (exact) mass is 351 g/mol. The summed E-state index contributed by atoms with van der Waals surface area (Å²) in [6.45, 7) is 2.23. The second-order valence-electron chi connectivity index (χ2n) is 4.94. The van der Waals surface area contributed by atoms with Crippen LogP contribution < -0.4 is 9.47 Å². The van der Waals surface area contributed by atoms with Gasteiger partial charge in [-0.2, -0.15) is 0 Å². The maximum Gasteiger partial charge on any atom is 0.280 e. The minimum absolute atomic E-state index is 0.192. The average molecular weight is 351 g/mol. The normalized spacial score (nSPS) is 16.1. The number of benzene rings is 1. The molecular formula is C15H17N3O5S. The molecule has 0 N–H and O–H groups in total. The van der Waals surface area contributed by atoms with Gasteiger partial charge in [0.15, 0.2) is 16.6 Å². The zero-order valence-corrected chi connectivity index (χ0v) is 14.5. The van der Waals surface area contributed by atoms with Crippen LogP contribution in [0.2, 0.25) is 0 Å². The lowest BCUT2D eigenvalue weighted by molar-refractivity contribution is -0.385. The molecule has 0 atom stereocenters. The highest BCUT2D eigenvalue weighted by Crippen LogP contribution is 2.36. The Morgan fingerprint density at radius 1 is 1.29 bits per heavy atom. The molecule has 0 bridgehead atoms. The molecule has 9 heteroatoms. The van der Waals surface area contributed by atoms with Crippen molar-refractivity contribution in [1.82, 2.24) is 9.80 Å². The Morgan fingerprint density at radius 3 is 2.33 bits per heavy atom. The maximum absolute atomic E-state index is 12.4. The third-order valence-corrected chi connectivity index (χ3v) is 4.18. The van der Waals surface area contributed by atoms with Crippen LogP contribution in [0.25, 0.3) is 6.08 Å². The highest BCUT2D eigenvalue weighted by atomic mass is 32.1. The van der Waals surface area contributed by atoms with E-state index >= 15 is 0 Å². The van der Waals surface area contributed by atoms with Gasteiger partial charge >= 0.3 is 0 Å². The second-order valence-corrected chi connectivity index (χ2v) is 5.31. The Balaban J connectivity index is 2.61. The summed E-state index contributed by atoms with van der Waals surface area (Å²) in [5.41, 5.74) is 0.299. The third kappa shape index (κ3) is 2.90. The number of carbonyl (C=O) groups is 1. The Kier molecular flexibility index (Phi) is 5.03. The van der Waals surface area contributed by atoms with Gasteiger partial charge < -0.3 is 14.4 Å². The maximum atomic E-state index is 12.4. The lowest BCUT2D eigenvalue weighted by Gasteiger charge is -2.13. The summed E-state index contributed by atoms with van der Waals surface area (Å²) in [7, 11) is 4.47. The molecule has 1 amide bonds. The molecule has 0 spiro atoms. The van der Waals surface area contributed by atoms with Gasteiger partial charge in [-0.15, -0.1) is 0 Å². The smallest absolute Gasteiger partial charge is 0.280 e. The number of methoxy groups -OCH3 is 2. The molecule has 8 nitrogen and oxygen atoms in total. The fraction of sp³-hybridized carbons (Fsp3) is 0.333. The number of hydrogen-bond acceptors (Lipinski definition) is 6. The molecule has 1 aliphatic heterocycles. The molecule has 1 aliphatic rings. The summed E-state index contributed by atoms with van der Waals surface area (Å²) < 4.78 is 10.3. The van der Waals surface area contributed by atoms with E-state index in [-0.39, 0.29) is 28.6 Å². The van der Waals surface area contributed by atoms with Gasteiger partial charge in [0.1, 0.15) is 5.70 Å². The SMILES string of the molecule is CCN1C(=O)/C(=C/c2cc(OC)c(OC)cc2[N+](=O)[O-])N(C)C1=S. The van der Waals surface area contributed by atoms with Crippen molar-refractivity contribution in [1.29, 1.82) is 0 Å². The second kappa shape index (κ2) is 6.83. The van der Waals surface area contributed by atoms with Gasteiger partial charge in [-0.1, -0.05) is 0 Å². The average Bonchev–Trinajstić information content (AvgIpc) is 2.77. The van der Waals surface area contributed by atoms with Crippen LogP contribution in [0.4, 0.5) is 5.69 Å². The Morgan fingerprint density at radius 2 is 1.88 bits per heavy atom. The number of nitrogens with zero attached hydrogens (tertiary/aromatic N) is 3. The highest BCUT2D eigenvalue weighted by Gasteiger charge is 2.35. The summed E-state index contributed by atoms with van der Waals surface area (Å²) in [5, 5.41) is 11.7. The van der Waals surface area contributed by atoms with Crippen LogP contribution in [0.15, 0.2) is 17.8 Å². The van der Waals surface area contributed by atoms with Crippen LogP contribution in [0.3, 0.4) is 0 Å². The number of carbonyl (C=O) groups excluding carboxylic acids is 1. The zero-order valence-electron chi connectivity index (χ0n) is 13.7. The van der Waals surface area contributed by atoms with Crippen molar-refractivity contribution in [2.75, 3.05) is 27.8 Å². The summed E-state index contributed by atoms with van der Waals surface area (Å²) in [5.74, 6) is 0.273. The molecule has 0 aliphatic carbocycles. The first-order valence-electron chi connectivity index (χ1n) is 7.07. The predicted octanol–water partition coefficient (Wildman–Crippen LogP) is 2.03. The van der Waals surface area contributed by atoms with Gasteiger partial charge in [0.05, 0.1) is 30.8 Å². The van der Waals surface area contributed by atoms with Crippen molar-refractivity contribution in [3.05, 3.63) is 33.5 Å². The van der Waals surface area contributed by atoms with Crippen molar-refractivity contribution < 1.29 is 19.2 Å². The van der Waals surface area contributed by atoms with Crippen LogP contribution >= 0.6 is 12.2 Å². The summed E-state index contributed by atoms with van der Waals surface area (Å²) in [4.78, 5) is 26.2. The van der Waals surface area contributed by atoms with Crippen LogP contribution in [0.1, 0.15) is 12.5 Å². The Hall–Kier alpha value is -2.68. The number of nitro benzene ring substituents is 1. The van der Waals surface area contributed by atoms with Gasteiger partial charge in [0, 0.05) is 13.6 Å². The van der Waals surface area contributed by atoms with Crippen LogP contribution in [0, 0.1) is 10.1 Å². The van der Waals surface area contributed by atoms with E-state index in [9.17, 15) is 14.9 Å².